The molecule has 0 bridgehead atoms. The van der Waals surface area contributed by atoms with Crippen LogP contribution in [0, 0.1) is 0 Å². The Bertz CT molecular complexity index is 981. The van der Waals surface area contributed by atoms with E-state index in [4.69, 9.17) is 0 Å². The summed E-state index contributed by atoms with van der Waals surface area (Å²) in [5.41, 5.74) is 1.72. The van der Waals surface area contributed by atoms with E-state index < -0.39 is 0 Å². The first-order valence-electron chi connectivity index (χ1n) is 8.73. The van der Waals surface area contributed by atoms with Crippen molar-refractivity contribution in [2.75, 3.05) is 31.7 Å². The van der Waals surface area contributed by atoms with Crippen molar-refractivity contribution in [1.82, 2.24) is 20.2 Å². The second kappa shape index (κ2) is 9.18. The molecule has 0 saturated carbocycles. The molecule has 2 N–H and O–H groups in total. The number of amides is 2. The number of nitrogens with zero attached hydrogens (tertiary/aromatic N) is 3. The fourth-order valence-corrected chi connectivity index (χ4v) is 3.28. The van der Waals surface area contributed by atoms with Crippen LogP contribution in [-0.4, -0.2) is 53.1 Å². The van der Waals surface area contributed by atoms with Crippen molar-refractivity contribution in [3.05, 3.63) is 54.6 Å². The van der Waals surface area contributed by atoms with E-state index in [9.17, 15) is 9.59 Å². The summed E-state index contributed by atoms with van der Waals surface area (Å²) in [6.07, 6.45) is 0. The van der Waals surface area contributed by atoms with Gasteiger partial charge in [0.15, 0.2) is 5.16 Å². The molecule has 0 aliphatic carbocycles. The van der Waals surface area contributed by atoms with Gasteiger partial charge in [0.1, 0.15) is 5.82 Å². The zero-order valence-corrected chi connectivity index (χ0v) is 16.5. The Morgan fingerprint density at radius 2 is 1.75 bits per heavy atom. The molecule has 0 spiro atoms. The summed E-state index contributed by atoms with van der Waals surface area (Å²) in [7, 11) is 3.14. The predicted molar refractivity (Wildman–Crippen MR) is 112 cm³/mol. The number of carbonyl (C=O) groups excluding carboxylic acids is 2. The SMILES string of the molecule is CNC(=O)CN(C)C(=O)CSc1nc(Nc2ccccc2)c2ccccc2n1. The maximum absolute atomic E-state index is 12.3. The number of benzene rings is 2. The third-order valence-corrected chi connectivity index (χ3v) is 4.86. The van der Waals surface area contributed by atoms with Crippen LogP contribution >= 0.6 is 11.8 Å². The van der Waals surface area contributed by atoms with E-state index in [1.54, 1.807) is 14.1 Å². The van der Waals surface area contributed by atoms with Crippen molar-refractivity contribution in [2.24, 2.45) is 0 Å². The second-order valence-corrected chi connectivity index (χ2v) is 7.02. The van der Waals surface area contributed by atoms with Crippen molar-refractivity contribution in [1.29, 1.82) is 0 Å². The Morgan fingerprint density at radius 3 is 2.50 bits per heavy atom. The number of fused-ring (bicyclic) bond motifs is 1. The van der Waals surface area contributed by atoms with Gasteiger partial charge in [-0.1, -0.05) is 42.1 Å². The summed E-state index contributed by atoms with van der Waals surface area (Å²) in [4.78, 5) is 34.2. The molecular formula is C20H21N5O2S. The first-order valence-corrected chi connectivity index (χ1v) is 9.71. The average molecular weight is 395 g/mol. The molecular weight excluding hydrogens is 374 g/mol. The van der Waals surface area contributed by atoms with E-state index in [2.05, 4.69) is 20.6 Å². The molecule has 1 aromatic heterocycles. The molecule has 0 fully saturated rings. The molecule has 3 rings (SSSR count). The number of hydrogen-bond acceptors (Lipinski definition) is 6. The first kappa shape index (κ1) is 19.6. The summed E-state index contributed by atoms with van der Waals surface area (Å²) in [6.45, 7) is 0.0231. The van der Waals surface area contributed by atoms with Crippen LogP contribution in [-0.2, 0) is 9.59 Å². The molecule has 0 unspecified atom stereocenters. The fourth-order valence-electron chi connectivity index (χ4n) is 2.49. The predicted octanol–water partition coefficient (Wildman–Crippen LogP) is 2.67. The van der Waals surface area contributed by atoms with Crippen molar-refractivity contribution in [3.63, 3.8) is 0 Å². The third kappa shape index (κ3) is 4.98. The topological polar surface area (TPSA) is 87.2 Å². The third-order valence-electron chi connectivity index (χ3n) is 4.03. The Hall–Kier alpha value is -3.13. The standard InChI is InChI=1S/C20H21N5O2S/c1-21-17(26)12-25(2)18(27)13-28-20-23-16-11-7-6-10-15(16)19(24-20)22-14-8-4-3-5-9-14/h3-11H,12-13H2,1-2H3,(H,21,26)(H,22,23,24). The van der Waals surface area contributed by atoms with Gasteiger partial charge in [0.05, 0.1) is 17.8 Å². The number of aromatic nitrogens is 2. The van der Waals surface area contributed by atoms with Gasteiger partial charge in [0.2, 0.25) is 11.8 Å². The van der Waals surface area contributed by atoms with E-state index >= 15 is 0 Å². The maximum Gasteiger partial charge on any atom is 0.239 e. The summed E-state index contributed by atoms with van der Waals surface area (Å²) >= 11 is 1.25. The number of thioether (sulfide) groups is 1. The van der Waals surface area contributed by atoms with Gasteiger partial charge in [-0.25, -0.2) is 9.97 Å². The minimum absolute atomic E-state index is 0.0231. The summed E-state index contributed by atoms with van der Waals surface area (Å²) < 4.78 is 0. The van der Waals surface area contributed by atoms with Crippen LogP contribution < -0.4 is 10.6 Å². The number of rotatable bonds is 7. The molecule has 144 valence electrons. The van der Waals surface area contributed by atoms with Gasteiger partial charge in [0, 0.05) is 25.2 Å². The van der Waals surface area contributed by atoms with Crippen molar-refractivity contribution < 1.29 is 9.59 Å². The minimum Gasteiger partial charge on any atom is -0.358 e. The first-order chi connectivity index (χ1) is 13.6. The van der Waals surface area contributed by atoms with Crippen molar-refractivity contribution >= 4 is 46.0 Å². The summed E-state index contributed by atoms with van der Waals surface area (Å²) in [5.74, 6) is 0.460. The smallest absolute Gasteiger partial charge is 0.239 e. The zero-order chi connectivity index (χ0) is 19.9. The van der Waals surface area contributed by atoms with Gasteiger partial charge in [-0.05, 0) is 24.3 Å². The Morgan fingerprint density at radius 1 is 1.04 bits per heavy atom. The number of nitrogens with one attached hydrogen (secondary N) is 2. The van der Waals surface area contributed by atoms with E-state index in [0.29, 0.717) is 11.0 Å². The molecule has 0 aliphatic rings. The molecule has 8 heteroatoms. The molecule has 0 atom stereocenters. The normalized spacial score (nSPS) is 10.5. The number of carbonyl (C=O) groups is 2. The molecule has 28 heavy (non-hydrogen) atoms. The quantitative estimate of drug-likeness (QED) is 0.472. The molecule has 2 aromatic carbocycles. The van der Waals surface area contributed by atoms with E-state index in [1.807, 2.05) is 54.6 Å². The van der Waals surface area contributed by atoms with Crippen LogP contribution in [0.25, 0.3) is 10.9 Å². The highest BCUT2D eigenvalue weighted by atomic mass is 32.2. The molecule has 0 aliphatic heterocycles. The van der Waals surface area contributed by atoms with Crippen LogP contribution in [0.3, 0.4) is 0 Å². The maximum atomic E-state index is 12.3. The molecule has 2 amide bonds. The average Bonchev–Trinajstić information content (AvgIpc) is 2.72. The van der Waals surface area contributed by atoms with Gasteiger partial charge in [-0.3, -0.25) is 9.59 Å². The van der Waals surface area contributed by atoms with Crippen LogP contribution in [0.4, 0.5) is 11.5 Å². The van der Waals surface area contributed by atoms with E-state index in [1.165, 1.54) is 16.7 Å². The molecule has 0 radical (unpaired) electrons. The number of likely N-dealkylation sites (N-methyl/N-ethyl adjacent to an activating group) is 2. The van der Waals surface area contributed by atoms with Gasteiger partial charge in [0.25, 0.3) is 0 Å². The molecule has 1 heterocycles. The lowest BCUT2D eigenvalue weighted by molar-refractivity contribution is -0.132. The number of para-hydroxylation sites is 2. The lowest BCUT2D eigenvalue weighted by atomic mass is 10.2. The largest absolute Gasteiger partial charge is 0.358 e. The van der Waals surface area contributed by atoms with Gasteiger partial charge in [-0.15, -0.1) is 0 Å². The highest BCUT2D eigenvalue weighted by Gasteiger charge is 2.14. The Kier molecular flexibility index (Phi) is 6.44. The van der Waals surface area contributed by atoms with Gasteiger partial charge < -0.3 is 15.5 Å². The summed E-state index contributed by atoms with van der Waals surface area (Å²) in [6, 6.07) is 17.5. The molecule has 3 aromatic rings. The van der Waals surface area contributed by atoms with Crippen molar-refractivity contribution in [2.45, 2.75) is 5.16 Å². The van der Waals surface area contributed by atoms with Gasteiger partial charge in [-0.2, -0.15) is 0 Å². The van der Waals surface area contributed by atoms with Crippen LogP contribution in [0.15, 0.2) is 59.8 Å². The Balaban J connectivity index is 1.78. The lowest BCUT2D eigenvalue weighted by Gasteiger charge is -2.15. The van der Waals surface area contributed by atoms with Crippen LogP contribution in [0.2, 0.25) is 0 Å². The number of anilines is 2. The van der Waals surface area contributed by atoms with Crippen LogP contribution in [0.5, 0.6) is 0 Å². The lowest BCUT2D eigenvalue weighted by Crippen LogP contribution is -2.37. The van der Waals surface area contributed by atoms with Crippen molar-refractivity contribution in [3.8, 4) is 0 Å². The van der Waals surface area contributed by atoms with E-state index in [-0.39, 0.29) is 24.1 Å². The summed E-state index contributed by atoms with van der Waals surface area (Å²) in [5, 5.41) is 7.22. The molecule has 7 nitrogen and oxygen atoms in total. The fraction of sp³-hybridized carbons (Fsp3) is 0.200. The second-order valence-electron chi connectivity index (χ2n) is 6.07. The number of hydrogen-bond donors (Lipinski definition) is 2. The van der Waals surface area contributed by atoms with Gasteiger partial charge >= 0.3 is 0 Å². The molecule has 0 saturated heterocycles. The Labute approximate surface area is 167 Å². The monoisotopic (exact) mass is 395 g/mol. The highest BCUT2D eigenvalue weighted by molar-refractivity contribution is 7.99. The van der Waals surface area contributed by atoms with E-state index in [0.717, 1.165) is 16.6 Å². The van der Waals surface area contributed by atoms with Crippen LogP contribution in [0.1, 0.15) is 0 Å². The minimum atomic E-state index is -0.211. The highest BCUT2D eigenvalue weighted by Crippen LogP contribution is 2.26. The zero-order valence-electron chi connectivity index (χ0n) is 15.7.